The Kier molecular flexibility index (Phi) is 4.03. The van der Waals surface area contributed by atoms with Crippen LogP contribution in [0.1, 0.15) is 4.88 Å². The Labute approximate surface area is 109 Å². The van der Waals surface area contributed by atoms with Gasteiger partial charge in [-0.05, 0) is 6.07 Å². The van der Waals surface area contributed by atoms with Gasteiger partial charge in [-0.25, -0.2) is 8.42 Å². The monoisotopic (exact) mass is 290 g/mol. The second kappa shape index (κ2) is 5.37. The van der Waals surface area contributed by atoms with Crippen LogP contribution in [0.3, 0.4) is 0 Å². The smallest absolute Gasteiger partial charge is 0.263 e. The lowest BCUT2D eigenvalue weighted by molar-refractivity contribution is 0.0642. The molecule has 0 spiro atoms. The van der Waals surface area contributed by atoms with Gasteiger partial charge in [0.05, 0.1) is 23.0 Å². The Morgan fingerprint density at radius 3 is 2.78 bits per heavy atom. The Hall–Kier alpha value is -0.930. The quantitative estimate of drug-likeness (QED) is 0.799. The van der Waals surface area contributed by atoms with Crippen molar-refractivity contribution in [1.29, 1.82) is 0 Å². The zero-order valence-corrected chi connectivity index (χ0v) is 11.3. The van der Waals surface area contributed by atoms with Gasteiger partial charge in [0.25, 0.3) is 10.0 Å². The highest BCUT2D eigenvalue weighted by Crippen LogP contribution is 2.27. The van der Waals surface area contributed by atoms with Gasteiger partial charge in [-0.2, -0.15) is 0 Å². The summed E-state index contributed by atoms with van der Waals surface area (Å²) >= 11 is 1.28. The number of hydrogen-bond donors (Lipinski definition) is 2. The van der Waals surface area contributed by atoms with Gasteiger partial charge in [-0.1, -0.05) is 11.5 Å². The third-order valence-electron chi connectivity index (χ3n) is 2.68. The zero-order valence-electron chi connectivity index (χ0n) is 9.63. The van der Waals surface area contributed by atoms with E-state index in [9.17, 15) is 8.42 Å². The average molecular weight is 290 g/mol. The van der Waals surface area contributed by atoms with E-state index in [1.807, 2.05) is 0 Å². The lowest BCUT2D eigenvalue weighted by Crippen LogP contribution is -2.34. The molecule has 0 aliphatic carbocycles. The number of sulfonamides is 1. The standard InChI is InChI=1S/C10H14N2O4S2/c1-8(12-2-4-16-5-3-12)10-6-9(7-17-10)18(14,15)11-13/h6-7,11,13H,1-5H2. The van der Waals surface area contributed by atoms with Crippen LogP contribution in [-0.2, 0) is 14.8 Å². The third kappa shape index (κ3) is 2.73. The third-order valence-corrected chi connectivity index (χ3v) is 4.91. The van der Waals surface area contributed by atoms with E-state index in [1.165, 1.54) is 27.7 Å². The molecule has 1 aromatic heterocycles. The van der Waals surface area contributed by atoms with Crippen LogP contribution in [0.2, 0.25) is 0 Å². The first-order chi connectivity index (χ1) is 8.54. The largest absolute Gasteiger partial charge is 0.378 e. The van der Waals surface area contributed by atoms with Gasteiger partial charge in [-0.15, -0.1) is 11.3 Å². The first-order valence-corrected chi connectivity index (χ1v) is 7.67. The van der Waals surface area contributed by atoms with Crippen molar-refractivity contribution in [3.05, 3.63) is 22.9 Å². The minimum absolute atomic E-state index is 0.0411. The second-order valence-electron chi connectivity index (χ2n) is 3.79. The molecular formula is C10H14N2O4S2. The highest BCUT2D eigenvalue weighted by molar-refractivity contribution is 7.89. The van der Waals surface area contributed by atoms with E-state index in [-0.39, 0.29) is 4.90 Å². The molecule has 2 heterocycles. The first kappa shape index (κ1) is 13.5. The maximum atomic E-state index is 11.4. The van der Waals surface area contributed by atoms with Gasteiger partial charge in [-0.3, -0.25) is 0 Å². The maximum Gasteiger partial charge on any atom is 0.263 e. The highest BCUT2D eigenvalue weighted by atomic mass is 32.2. The van der Waals surface area contributed by atoms with Gasteiger partial charge in [0.15, 0.2) is 0 Å². The predicted molar refractivity (Wildman–Crippen MR) is 67.9 cm³/mol. The molecule has 1 aliphatic rings. The molecule has 0 unspecified atom stereocenters. The average Bonchev–Trinajstić information content (AvgIpc) is 2.89. The molecule has 6 nitrogen and oxygen atoms in total. The van der Waals surface area contributed by atoms with E-state index < -0.39 is 10.0 Å². The lowest BCUT2D eigenvalue weighted by atomic mass is 10.3. The summed E-state index contributed by atoms with van der Waals surface area (Å²) in [6.07, 6.45) is 0. The minimum Gasteiger partial charge on any atom is -0.378 e. The number of hydrogen-bond acceptors (Lipinski definition) is 6. The summed E-state index contributed by atoms with van der Waals surface area (Å²) in [6, 6.07) is 1.50. The topological polar surface area (TPSA) is 78.9 Å². The van der Waals surface area contributed by atoms with Crippen molar-refractivity contribution in [3.63, 3.8) is 0 Å². The summed E-state index contributed by atoms with van der Waals surface area (Å²) in [5.74, 6) is 0. The predicted octanol–water partition coefficient (Wildman–Crippen LogP) is 0.719. The van der Waals surface area contributed by atoms with Gasteiger partial charge in [0, 0.05) is 24.2 Å². The van der Waals surface area contributed by atoms with Crippen molar-refractivity contribution in [2.45, 2.75) is 4.90 Å². The van der Waals surface area contributed by atoms with E-state index in [4.69, 9.17) is 9.94 Å². The molecule has 2 N–H and O–H groups in total. The normalized spacial score (nSPS) is 16.8. The molecule has 0 bridgehead atoms. The molecule has 1 fully saturated rings. The number of thiophene rings is 1. The Morgan fingerprint density at radius 2 is 2.17 bits per heavy atom. The molecular weight excluding hydrogens is 276 g/mol. The fourth-order valence-corrected chi connectivity index (χ4v) is 3.53. The lowest BCUT2D eigenvalue weighted by Gasteiger charge is -2.29. The molecule has 1 aliphatic heterocycles. The van der Waals surface area contributed by atoms with E-state index in [0.717, 1.165) is 23.7 Å². The summed E-state index contributed by atoms with van der Waals surface area (Å²) in [4.78, 5) is 4.17. The van der Waals surface area contributed by atoms with Crippen molar-refractivity contribution in [1.82, 2.24) is 9.79 Å². The van der Waals surface area contributed by atoms with Gasteiger partial charge in [0.1, 0.15) is 0 Å². The maximum absolute atomic E-state index is 11.4. The van der Waals surface area contributed by atoms with Crippen molar-refractivity contribution in [3.8, 4) is 0 Å². The van der Waals surface area contributed by atoms with Crippen molar-refractivity contribution in [2.75, 3.05) is 26.3 Å². The van der Waals surface area contributed by atoms with Crippen LogP contribution in [0.5, 0.6) is 0 Å². The van der Waals surface area contributed by atoms with Crippen LogP contribution < -0.4 is 4.89 Å². The highest BCUT2D eigenvalue weighted by Gasteiger charge is 2.19. The van der Waals surface area contributed by atoms with E-state index in [0.29, 0.717) is 13.2 Å². The molecule has 1 saturated heterocycles. The zero-order chi connectivity index (χ0) is 13.2. The fourth-order valence-electron chi connectivity index (χ4n) is 1.65. The Bertz CT molecular complexity index is 532. The summed E-state index contributed by atoms with van der Waals surface area (Å²) in [7, 11) is -3.81. The van der Waals surface area contributed by atoms with E-state index in [1.54, 1.807) is 0 Å². The molecule has 2 rings (SSSR count). The van der Waals surface area contributed by atoms with E-state index in [2.05, 4.69) is 11.5 Å². The van der Waals surface area contributed by atoms with Gasteiger partial charge in [0.2, 0.25) is 0 Å². The molecule has 100 valence electrons. The van der Waals surface area contributed by atoms with Gasteiger partial charge >= 0.3 is 0 Å². The molecule has 0 saturated carbocycles. The number of nitrogens with zero attached hydrogens (tertiary/aromatic N) is 1. The molecule has 0 radical (unpaired) electrons. The van der Waals surface area contributed by atoms with Crippen LogP contribution >= 0.6 is 11.3 Å². The van der Waals surface area contributed by atoms with Crippen LogP contribution in [-0.4, -0.2) is 44.8 Å². The summed E-state index contributed by atoms with van der Waals surface area (Å²) < 4.78 is 28.0. The SMILES string of the molecule is C=C(c1cc(S(=O)(=O)NO)cs1)N1CCOCC1. The minimum atomic E-state index is -3.81. The fraction of sp³-hybridized carbons (Fsp3) is 0.400. The number of morpholine rings is 1. The molecule has 0 aromatic carbocycles. The summed E-state index contributed by atoms with van der Waals surface area (Å²) in [5, 5.41) is 10.0. The summed E-state index contributed by atoms with van der Waals surface area (Å²) in [5.41, 5.74) is 0.780. The Morgan fingerprint density at radius 1 is 1.50 bits per heavy atom. The molecule has 0 atom stereocenters. The molecule has 8 heteroatoms. The number of ether oxygens (including phenoxy) is 1. The van der Waals surface area contributed by atoms with Gasteiger partial charge < -0.3 is 14.8 Å². The van der Waals surface area contributed by atoms with Crippen LogP contribution in [0.25, 0.3) is 5.70 Å². The van der Waals surface area contributed by atoms with Crippen molar-refractivity contribution in [2.24, 2.45) is 0 Å². The Balaban J connectivity index is 2.17. The van der Waals surface area contributed by atoms with Crippen molar-refractivity contribution >= 4 is 27.1 Å². The van der Waals surface area contributed by atoms with E-state index >= 15 is 0 Å². The van der Waals surface area contributed by atoms with Crippen LogP contribution in [0, 0.1) is 0 Å². The van der Waals surface area contributed by atoms with Crippen LogP contribution in [0.4, 0.5) is 0 Å². The number of nitrogens with one attached hydrogen (secondary N) is 1. The first-order valence-electron chi connectivity index (χ1n) is 5.31. The molecule has 18 heavy (non-hydrogen) atoms. The summed E-state index contributed by atoms with van der Waals surface area (Å²) in [6.45, 7) is 6.76. The molecule has 1 aromatic rings. The van der Waals surface area contributed by atoms with Crippen LogP contribution in [0.15, 0.2) is 22.9 Å². The number of rotatable bonds is 4. The second-order valence-corrected chi connectivity index (χ2v) is 6.36. The molecule has 0 amide bonds. The van der Waals surface area contributed by atoms with Crippen molar-refractivity contribution < 1.29 is 18.4 Å².